The highest BCUT2D eigenvalue weighted by Crippen LogP contribution is 2.26. The summed E-state index contributed by atoms with van der Waals surface area (Å²) in [6.07, 6.45) is 7.78. The molecular weight excluding hydrogens is 422 g/mol. The molecule has 0 bridgehead atoms. The number of amides is 1. The highest BCUT2D eigenvalue weighted by Gasteiger charge is 2.24. The third-order valence-electron chi connectivity index (χ3n) is 4.68. The molecule has 158 valence electrons. The van der Waals surface area contributed by atoms with Crippen molar-refractivity contribution in [2.75, 3.05) is 23.7 Å². The van der Waals surface area contributed by atoms with Gasteiger partial charge in [-0.25, -0.2) is 9.78 Å². The monoisotopic (exact) mass is 455 g/mol. The van der Waals surface area contributed by atoms with Crippen LogP contribution in [0.2, 0.25) is 0 Å². The van der Waals surface area contributed by atoms with Crippen LogP contribution in [0.3, 0.4) is 0 Å². The van der Waals surface area contributed by atoms with Crippen LogP contribution >= 0.6 is 15.9 Å². The van der Waals surface area contributed by atoms with Crippen molar-refractivity contribution < 1.29 is 9.53 Å². The SMILES string of the molecule is CCCCNc1ncc(Br)c(NC[C@H]2CC[C@H](NC(=O)OC(C)(C)C)CC2)n1. The lowest BCUT2D eigenvalue weighted by atomic mass is 9.86. The van der Waals surface area contributed by atoms with Gasteiger partial charge in [0, 0.05) is 25.3 Å². The number of carbonyl (C=O) groups is 1. The molecule has 1 aliphatic carbocycles. The first-order chi connectivity index (χ1) is 13.3. The molecule has 1 saturated carbocycles. The predicted molar refractivity (Wildman–Crippen MR) is 117 cm³/mol. The summed E-state index contributed by atoms with van der Waals surface area (Å²) in [6, 6.07) is 0.200. The van der Waals surface area contributed by atoms with Crippen molar-refractivity contribution in [3.8, 4) is 0 Å². The second-order valence-corrected chi connectivity index (χ2v) is 9.27. The van der Waals surface area contributed by atoms with Crippen LogP contribution in [0.1, 0.15) is 66.2 Å². The predicted octanol–water partition coefficient (Wildman–Crippen LogP) is 4.95. The lowest BCUT2D eigenvalue weighted by molar-refractivity contribution is 0.0488. The number of hydrogen-bond acceptors (Lipinski definition) is 6. The van der Waals surface area contributed by atoms with Crippen LogP contribution in [0.25, 0.3) is 0 Å². The molecule has 8 heteroatoms. The number of anilines is 2. The van der Waals surface area contributed by atoms with Crippen LogP contribution in [-0.4, -0.2) is 40.8 Å². The summed E-state index contributed by atoms with van der Waals surface area (Å²) in [4.78, 5) is 20.8. The van der Waals surface area contributed by atoms with Gasteiger partial charge in [-0.3, -0.25) is 0 Å². The van der Waals surface area contributed by atoms with Gasteiger partial charge in [-0.05, 0) is 74.7 Å². The Hall–Kier alpha value is -1.57. The minimum Gasteiger partial charge on any atom is -0.444 e. The van der Waals surface area contributed by atoms with E-state index in [0.29, 0.717) is 11.9 Å². The fourth-order valence-electron chi connectivity index (χ4n) is 3.18. The first-order valence-electron chi connectivity index (χ1n) is 10.3. The lowest BCUT2D eigenvalue weighted by Crippen LogP contribution is -2.41. The highest BCUT2D eigenvalue weighted by molar-refractivity contribution is 9.10. The topological polar surface area (TPSA) is 88.2 Å². The van der Waals surface area contributed by atoms with Gasteiger partial charge in [-0.15, -0.1) is 0 Å². The number of hydrogen-bond donors (Lipinski definition) is 3. The van der Waals surface area contributed by atoms with Gasteiger partial charge in [0.25, 0.3) is 0 Å². The van der Waals surface area contributed by atoms with Crippen molar-refractivity contribution in [1.82, 2.24) is 15.3 Å². The Morgan fingerprint density at radius 1 is 1.25 bits per heavy atom. The number of rotatable bonds is 8. The van der Waals surface area contributed by atoms with Crippen molar-refractivity contribution in [3.63, 3.8) is 0 Å². The van der Waals surface area contributed by atoms with Crippen LogP contribution < -0.4 is 16.0 Å². The fraction of sp³-hybridized carbons (Fsp3) is 0.750. The molecule has 1 aliphatic rings. The third kappa shape index (κ3) is 8.20. The standard InChI is InChI=1S/C20H34BrN5O2/c1-5-6-11-22-18-24-13-16(21)17(26-18)23-12-14-7-9-15(10-8-14)25-19(27)28-20(2,3)4/h13-15H,5-12H2,1-4H3,(H,25,27)(H2,22,23,24,26)/t14-,15-. The number of alkyl carbamates (subject to hydrolysis) is 1. The molecule has 1 amide bonds. The summed E-state index contributed by atoms with van der Waals surface area (Å²) in [7, 11) is 0. The maximum absolute atomic E-state index is 11.9. The van der Waals surface area contributed by atoms with Crippen molar-refractivity contribution in [2.45, 2.75) is 77.9 Å². The van der Waals surface area contributed by atoms with Gasteiger partial charge in [-0.2, -0.15) is 4.98 Å². The normalized spacial score (nSPS) is 19.8. The van der Waals surface area contributed by atoms with E-state index >= 15 is 0 Å². The van der Waals surface area contributed by atoms with Gasteiger partial charge in [-0.1, -0.05) is 13.3 Å². The van der Waals surface area contributed by atoms with E-state index in [1.807, 2.05) is 20.8 Å². The van der Waals surface area contributed by atoms with E-state index in [2.05, 4.69) is 48.8 Å². The van der Waals surface area contributed by atoms with Gasteiger partial charge in [0.1, 0.15) is 11.4 Å². The van der Waals surface area contributed by atoms with E-state index in [1.54, 1.807) is 6.20 Å². The average molecular weight is 456 g/mol. The number of unbranched alkanes of at least 4 members (excludes halogenated alkanes) is 1. The number of nitrogens with zero attached hydrogens (tertiary/aromatic N) is 2. The van der Waals surface area contributed by atoms with Crippen molar-refractivity contribution >= 4 is 33.8 Å². The molecule has 0 aromatic carbocycles. The van der Waals surface area contributed by atoms with E-state index < -0.39 is 5.60 Å². The van der Waals surface area contributed by atoms with Crippen molar-refractivity contribution in [2.24, 2.45) is 5.92 Å². The molecule has 3 N–H and O–H groups in total. The molecule has 28 heavy (non-hydrogen) atoms. The Bertz CT molecular complexity index is 628. The zero-order valence-corrected chi connectivity index (χ0v) is 19.1. The molecule has 1 heterocycles. The number of ether oxygens (including phenoxy) is 1. The van der Waals surface area contributed by atoms with E-state index in [9.17, 15) is 4.79 Å². The summed E-state index contributed by atoms with van der Waals surface area (Å²) in [6.45, 7) is 9.55. The maximum Gasteiger partial charge on any atom is 0.407 e. The van der Waals surface area contributed by atoms with E-state index in [-0.39, 0.29) is 12.1 Å². The molecule has 1 aromatic rings. The molecule has 0 atom stereocenters. The average Bonchev–Trinajstić information content (AvgIpc) is 2.62. The van der Waals surface area contributed by atoms with Crippen LogP contribution in [-0.2, 0) is 4.74 Å². The zero-order valence-electron chi connectivity index (χ0n) is 17.5. The van der Waals surface area contributed by atoms with E-state index in [1.165, 1.54) is 0 Å². The van der Waals surface area contributed by atoms with Crippen molar-refractivity contribution in [1.29, 1.82) is 0 Å². The molecular formula is C20H34BrN5O2. The number of aromatic nitrogens is 2. The minimum atomic E-state index is -0.458. The summed E-state index contributed by atoms with van der Waals surface area (Å²) < 4.78 is 6.21. The molecule has 0 aliphatic heterocycles. The summed E-state index contributed by atoms with van der Waals surface area (Å²) >= 11 is 3.52. The molecule has 1 fully saturated rings. The van der Waals surface area contributed by atoms with Gasteiger partial charge in [0.05, 0.1) is 4.47 Å². The van der Waals surface area contributed by atoms with Crippen LogP contribution in [0.4, 0.5) is 16.6 Å². The highest BCUT2D eigenvalue weighted by atomic mass is 79.9. The zero-order chi connectivity index (χ0) is 20.6. The Labute approximate surface area is 176 Å². The lowest BCUT2D eigenvalue weighted by Gasteiger charge is -2.30. The van der Waals surface area contributed by atoms with Crippen molar-refractivity contribution in [3.05, 3.63) is 10.7 Å². The van der Waals surface area contributed by atoms with Gasteiger partial charge in [0.15, 0.2) is 0 Å². The Morgan fingerprint density at radius 2 is 1.96 bits per heavy atom. The Morgan fingerprint density at radius 3 is 2.61 bits per heavy atom. The smallest absolute Gasteiger partial charge is 0.407 e. The maximum atomic E-state index is 11.9. The minimum absolute atomic E-state index is 0.200. The number of halogens is 1. The first kappa shape index (κ1) is 22.7. The second-order valence-electron chi connectivity index (χ2n) is 8.42. The number of nitrogens with one attached hydrogen (secondary N) is 3. The molecule has 0 saturated heterocycles. The first-order valence-corrected chi connectivity index (χ1v) is 11.1. The molecule has 0 radical (unpaired) electrons. The third-order valence-corrected chi connectivity index (χ3v) is 5.26. The fourth-order valence-corrected chi connectivity index (χ4v) is 3.51. The molecule has 1 aromatic heterocycles. The van der Waals surface area contributed by atoms with Gasteiger partial charge in [0.2, 0.25) is 5.95 Å². The van der Waals surface area contributed by atoms with Gasteiger partial charge < -0.3 is 20.7 Å². The van der Waals surface area contributed by atoms with E-state index in [0.717, 1.165) is 61.9 Å². The molecule has 0 unspecified atom stereocenters. The largest absolute Gasteiger partial charge is 0.444 e. The molecule has 7 nitrogen and oxygen atoms in total. The van der Waals surface area contributed by atoms with Crippen LogP contribution in [0.15, 0.2) is 10.7 Å². The Balaban J connectivity index is 1.75. The number of carbonyl (C=O) groups excluding carboxylic acids is 1. The molecule has 0 spiro atoms. The quantitative estimate of drug-likeness (QED) is 0.480. The second kappa shape index (κ2) is 10.8. The summed E-state index contributed by atoms with van der Waals surface area (Å²) in [5.74, 6) is 2.04. The molecule has 2 rings (SSSR count). The summed E-state index contributed by atoms with van der Waals surface area (Å²) in [5, 5.41) is 9.70. The van der Waals surface area contributed by atoms with E-state index in [4.69, 9.17) is 4.74 Å². The van der Waals surface area contributed by atoms with Crippen LogP contribution in [0.5, 0.6) is 0 Å². The summed E-state index contributed by atoms with van der Waals surface area (Å²) in [5.41, 5.74) is -0.458. The van der Waals surface area contributed by atoms with Gasteiger partial charge >= 0.3 is 6.09 Å². The van der Waals surface area contributed by atoms with Crippen LogP contribution in [0, 0.1) is 5.92 Å². The Kier molecular flexibility index (Phi) is 8.79.